The first-order chi connectivity index (χ1) is 16.9. The first kappa shape index (κ1) is 23.0. The topological polar surface area (TPSA) is 91.0 Å². The van der Waals surface area contributed by atoms with Gasteiger partial charge >= 0.3 is 6.03 Å². The van der Waals surface area contributed by atoms with E-state index < -0.39 is 23.4 Å². The quantitative estimate of drug-likeness (QED) is 0.538. The number of nitrogens with one attached hydrogen (secondary N) is 2. The van der Waals surface area contributed by atoms with Crippen molar-refractivity contribution in [1.29, 1.82) is 0 Å². The molecule has 2 aliphatic rings. The molecule has 1 unspecified atom stereocenters. The van der Waals surface area contributed by atoms with E-state index >= 15 is 0 Å². The van der Waals surface area contributed by atoms with Crippen LogP contribution in [0.25, 0.3) is 10.8 Å². The Bertz CT molecular complexity index is 1290. The van der Waals surface area contributed by atoms with Crippen molar-refractivity contribution < 1.29 is 19.1 Å². The number of anilines is 1. The van der Waals surface area contributed by atoms with E-state index in [1.807, 2.05) is 66.7 Å². The van der Waals surface area contributed by atoms with Crippen LogP contribution in [0.2, 0.25) is 0 Å². The average Bonchev–Trinajstić information content (AvgIpc) is 3.09. The lowest BCUT2D eigenvalue weighted by Gasteiger charge is -2.27. The SMILES string of the molecule is CC1(c2ccc3ccccc3c2)NC(=O)N(CC(=O)Nc2ccccc2CN2CCOCC2)C1=O. The van der Waals surface area contributed by atoms with E-state index in [0.29, 0.717) is 31.0 Å². The van der Waals surface area contributed by atoms with Crippen molar-refractivity contribution in [2.45, 2.75) is 19.0 Å². The van der Waals surface area contributed by atoms with Crippen molar-refractivity contribution in [3.63, 3.8) is 0 Å². The molecule has 4 amide bonds. The number of ether oxygens (including phenoxy) is 1. The van der Waals surface area contributed by atoms with Crippen LogP contribution >= 0.6 is 0 Å². The van der Waals surface area contributed by atoms with Crippen molar-refractivity contribution in [2.75, 3.05) is 38.2 Å². The van der Waals surface area contributed by atoms with E-state index in [1.165, 1.54) is 0 Å². The first-order valence-corrected chi connectivity index (χ1v) is 11.8. The summed E-state index contributed by atoms with van der Waals surface area (Å²) in [5.74, 6) is -0.875. The van der Waals surface area contributed by atoms with Gasteiger partial charge in [0.1, 0.15) is 12.1 Å². The van der Waals surface area contributed by atoms with Gasteiger partial charge in [-0.1, -0.05) is 54.6 Å². The van der Waals surface area contributed by atoms with Crippen LogP contribution in [0.5, 0.6) is 0 Å². The fourth-order valence-electron chi connectivity index (χ4n) is 4.65. The standard InChI is InChI=1S/C27H28N4O4/c1-27(22-11-10-19-6-2-3-7-20(19)16-22)25(33)31(26(34)29-27)18-24(32)28-23-9-5-4-8-21(23)17-30-12-14-35-15-13-30/h2-11,16H,12-15,17-18H2,1H3,(H,28,32)(H,29,34). The number of amides is 4. The summed E-state index contributed by atoms with van der Waals surface area (Å²) < 4.78 is 5.41. The van der Waals surface area contributed by atoms with Gasteiger partial charge in [0.05, 0.1) is 13.2 Å². The lowest BCUT2D eigenvalue weighted by Crippen LogP contribution is -2.42. The fourth-order valence-corrected chi connectivity index (χ4v) is 4.65. The van der Waals surface area contributed by atoms with Crippen LogP contribution in [0.3, 0.4) is 0 Å². The second kappa shape index (κ2) is 9.48. The molecule has 8 heteroatoms. The Labute approximate surface area is 203 Å². The molecule has 2 saturated heterocycles. The summed E-state index contributed by atoms with van der Waals surface area (Å²) in [5, 5.41) is 7.69. The Morgan fingerprint density at radius 3 is 2.51 bits per heavy atom. The first-order valence-electron chi connectivity index (χ1n) is 11.8. The summed E-state index contributed by atoms with van der Waals surface area (Å²) in [6, 6.07) is 20.5. The lowest BCUT2D eigenvalue weighted by atomic mass is 9.90. The number of morpholine rings is 1. The minimum absolute atomic E-state index is 0.361. The van der Waals surface area contributed by atoms with E-state index in [2.05, 4.69) is 15.5 Å². The Kier molecular flexibility index (Phi) is 6.23. The highest BCUT2D eigenvalue weighted by Gasteiger charge is 2.49. The zero-order valence-corrected chi connectivity index (χ0v) is 19.6. The van der Waals surface area contributed by atoms with E-state index in [4.69, 9.17) is 4.74 Å². The molecule has 3 aromatic carbocycles. The molecular weight excluding hydrogens is 444 g/mol. The summed E-state index contributed by atoms with van der Waals surface area (Å²) in [7, 11) is 0. The van der Waals surface area contributed by atoms with Crippen molar-refractivity contribution >= 4 is 34.3 Å². The average molecular weight is 473 g/mol. The number of rotatable bonds is 6. The normalized spacial score (nSPS) is 20.8. The molecule has 0 bridgehead atoms. The van der Waals surface area contributed by atoms with Crippen molar-refractivity contribution in [1.82, 2.24) is 15.1 Å². The monoisotopic (exact) mass is 472 g/mol. The van der Waals surface area contributed by atoms with Crippen LogP contribution in [-0.2, 0) is 26.4 Å². The molecule has 180 valence electrons. The molecular formula is C27H28N4O4. The Hall–Kier alpha value is -3.75. The number of para-hydroxylation sites is 1. The Morgan fingerprint density at radius 2 is 1.71 bits per heavy atom. The molecule has 0 spiro atoms. The summed E-state index contributed by atoms with van der Waals surface area (Å²) in [6.07, 6.45) is 0. The molecule has 0 aliphatic carbocycles. The maximum atomic E-state index is 13.3. The minimum atomic E-state index is -1.24. The van der Waals surface area contributed by atoms with Gasteiger partial charge in [-0.25, -0.2) is 4.79 Å². The maximum absolute atomic E-state index is 13.3. The zero-order valence-electron chi connectivity index (χ0n) is 19.6. The number of nitrogens with zero attached hydrogens (tertiary/aromatic N) is 2. The van der Waals surface area contributed by atoms with Crippen LogP contribution < -0.4 is 10.6 Å². The highest BCUT2D eigenvalue weighted by molar-refractivity contribution is 6.10. The number of fused-ring (bicyclic) bond motifs is 1. The molecule has 0 radical (unpaired) electrons. The van der Waals surface area contributed by atoms with Gasteiger partial charge in [0.2, 0.25) is 5.91 Å². The number of hydrogen-bond donors (Lipinski definition) is 2. The van der Waals surface area contributed by atoms with Crippen molar-refractivity contribution in [3.8, 4) is 0 Å². The smallest absolute Gasteiger partial charge is 0.325 e. The third-order valence-electron chi connectivity index (χ3n) is 6.69. The lowest BCUT2D eigenvalue weighted by molar-refractivity contribution is -0.133. The molecule has 2 fully saturated rings. The molecule has 0 aromatic heterocycles. The molecule has 8 nitrogen and oxygen atoms in total. The number of carbonyl (C=O) groups excluding carboxylic acids is 3. The van der Waals surface area contributed by atoms with E-state index in [1.54, 1.807) is 6.92 Å². The summed E-state index contributed by atoms with van der Waals surface area (Å²) >= 11 is 0. The number of imide groups is 1. The minimum Gasteiger partial charge on any atom is -0.379 e. The summed E-state index contributed by atoms with van der Waals surface area (Å²) in [5.41, 5.74) is 1.08. The highest BCUT2D eigenvalue weighted by atomic mass is 16.5. The number of benzene rings is 3. The van der Waals surface area contributed by atoms with Gasteiger partial charge in [-0.05, 0) is 41.0 Å². The van der Waals surface area contributed by atoms with E-state index in [0.717, 1.165) is 34.3 Å². The van der Waals surface area contributed by atoms with Gasteiger partial charge in [-0.3, -0.25) is 19.4 Å². The van der Waals surface area contributed by atoms with Crippen LogP contribution in [0.1, 0.15) is 18.1 Å². The molecule has 0 saturated carbocycles. The van der Waals surface area contributed by atoms with Crippen LogP contribution in [-0.4, -0.2) is 60.5 Å². The highest BCUT2D eigenvalue weighted by Crippen LogP contribution is 2.31. The van der Waals surface area contributed by atoms with E-state index in [-0.39, 0.29) is 6.54 Å². The van der Waals surface area contributed by atoms with Crippen molar-refractivity contribution in [2.24, 2.45) is 0 Å². The molecule has 1 atom stereocenters. The molecule has 2 aliphatic heterocycles. The van der Waals surface area contributed by atoms with Gasteiger partial charge in [0.15, 0.2) is 0 Å². The number of urea groups is 1. The van der Waals surface area contributed by atoms with Gasteiger partial charge in [-0.2, -0.15) is 0 Å². The number of hydrogen-bond acceptors (Lipinski definition) is 5. The number of carbonyl (C=O) groups is 3. The second-order valence-electron chi connectivity index (χ2n) is 9.10. The summed E-state index contributed by atoms with van der Waals surface area (Å²) in [6.45, 7) is 5.04. The van der Waals surface area contributed by atoms with Crippen molar-refractivity contribution in [3.05, 3.63) is 77.9 Å². The van der Waals surface area contributed by atoms with Crippen LogP contribution in [0.4, 0.5) is 10.5 Å². The van der Waals surface area contributed by atoms with E-state index in [9.17, 15) is 14.4 Å². The van der Waals surface area contributed by atoms with Crippen LogP contribution in [0, 0.1) is 0 Å². The second-order valence-corrected chi connectivity index (χ2v) is 9.10. The predicted octanol–water partition coefficient (Wildman–Crippen LogP) is 3.08. The fraction of sp³-hybridized carbons (Fsp3) is 0.296. The third-order valence-corrected chi connectivity index (χ3v) is 6.69. The maximum Gasteiger partial charge on any atom is 0.325 e. The molecule has 2 heterocycles. The molecule has 5 rings (SSSR count). The Morgan fingerprint density at radius 1 is 1.00 bits per heavy atom. The molecule has 3 aromatic rings. The summed E-state index contributed by atoms with van der Waals surface area (Å²) in [4.78, 5) is 42.2. The van der Waals surface area contributed by atoms with Gasteiger partial charge in [0, 0.05) is 25.3 Å². The Balaban J connectivity index is 1.29. The van der Waals surface area contributed by atoms with Gasteiger partial charge in [0.25, 0.3) is 5.91 Å². The zero-order chi connectivity index (χ0) is 24.4. The van der Waals surface area contributed by atoms with Gasteiger partial charge < -0.3 is 15.4 Å². The largest absolute Gasteiger partial charge is 0.379 e. The predicted molar refractivity (Wildman–Crippen MR) is 133 cm³/mol. The van der Waals surface area contributed by atoms with Crippen LogP contribution in [0.15, 0.2) is 66.7 Å². The van der Waals surface area contributed by atoms with Gasteiger partial charge in [-0.15, -0.1) is 0 Å². The third kappa shape index (κ3) is 4.62. The molecule has 2 N–H and O–H groups in total. The molecule has 35 heavy (non-hydrogen) atoms.